The van der Waals surface area contributed by atoms with Gasteiger partial charge in [-0.25, -0.2) is 0 Å². The minimum Gasteiger partial charge on any atom is -0.399 e. The number of nitrogens with one attached hydrogen (secondary N) is 1. The van der Waals surface area contributed by atoms with Gasteiger partial charge in [0, 0.05) is 22.7 Å². The predicted octanol–water partition coefficient (Wildman–Crippen LogP) is 3.42. The summed E-state index contributed by atoms with van der Waals surface area (Å²) in [5, 5.41) is 3.08. The number of rotatable bonds is 2. The Morgan fingerprint density at radius 2 is 2.09 bits per heavy atom. The van der Waals surface area contributed by atoms with Gasteiger partial charge in [-0.1, -0.05) is 30.3 Å². The van der Waals surface area contributed by atoms with Crippen molar-refractivity contribution in [1.82, 2.24) is 0 Å². The summed E-state index contributed by atoms with van der Waals surface area (Å²) in [6, 6.07) is 14.2. The van der Waals surface area contributed by atoms with Crippen LogP contribution in [0, 0.1) is 12.8 Å². The van der Waals surface area contributed by atoms with Gasteiger partial charge >= 0.3 is 0 Å². The maximum atomic E-state index is 12.7. The number of carbonyl (C=O) groups is 1. The molecule has 0 bridgehead atoms. The van der Waals surface area contributed by atoms with E-state index in [4.69, 9.17) is 5.73 Å². The lowest BCUT2D eigenvalue weighted by Gasteiger charge is -2.13. The summed E-state index contributed by atoms with van der Waals surface area (Å²) in [4.78, 5) is 12.7. The smallest absolute Gasteiger partial charge is 0.228 e. The molecule has 2 unspecified atom stereocenters. The van der Waals surface area contributed by atoms with E-state index >= 15 is 0 Å². The Balaban J connectivity index is 1.56. The number of aryl methyl sites for hydroxylation is 2. The molecule has 22 heavy (non-hydrogen) atoms. The van der Waals surface area contributed by atoms with Crippen LogP contribution in [0.3, 0.4) is 0 Å². The number of fused-ring (bicyclic) bond motifs is 2. The first-order valence-corrected chi connectivity index (χ1v) is 7.85. The van der Waals surface area contributed by atoms with Crippen LogP contribution in [0.25, 0.3) is 0 Å². The summed E-state index contributed by atoms with van der Waals surface area (Å²) >= 11 is 0. The van der Waals surface area contributed by atoms with Crippen molar-refractivity contribution in [2.45, 2.75) is 31.6 Å². The lowest BCUT2D eigenvalue weighted by Crippen LogP contribution is -2.20. The van der Waals surface area contributed by atoms with Crippen LogP contribution < -0.4 is 11.1 Å². The molecule has 3 N–H and O–H groups in total. The van der Waals surface area contributed by atoms with Crippen LogP contribution in [0.2, 0.25) is 0 Å². The third-order valence-electron chi connectivity index (χ3n) is 5.31. The van der Waals surface area contributed by atoms with E-state index in [1.54, 1.807) is 0 Å². The molecule has 0 aliphatic heterocycles. The number of nitrogens with two attached hydrogens (primary N) is 1. The molecule has 112 valence electrons. The van der Waals surface area contributed by atoms with Gasteiger partial charge in [-0.2, -0.15) is 0 Å². The first-order chi connectivity index (χ1) is 10.6. The highest BCUT2D eigenvalue weighted by atomic mass is 16.2. The summed E-state index contributed by atoms with van der Waals surface area (Å²) in [5.74, 6) is 0.224. The van der Waals surface area contributed by atoms with Crippen LogP contribution in [0.4, 0.5) is 11.4 Å². The molecule has 1 amide bonds. The van der Waals surface area contributed by atoms with E-state index in [1.165, 1.54) is 11.1 Å². The topological polar surface area (TPSA) is 55.1 Å². The van der Waals surface area contributed by atoms with Crippen LogP contribution in [0.5, 0.6) is 0 Å². The number of hydrogen-bond acceptors (Lipinski definition) is 2. The fraction of sp³-hybridized carbons (Fsp3) is 0.316. The maximum Gasteiger partial charge on any atom is 0.228 e. The predicted molar refractivity (Wildman–Crippen MR) is 88.8 cm³/mol. The third-order valence-corrected chi connectivity index (χ3v) is 5.31. The lowest BCUT2D eigenvalue weighted by molar-refractivity contribution is -0.117. The van der Waals surface area contributed by atoms with E-state index in [9.17, 15) is 4.79 Å². The number of anilines is 2. The molecule has 0 saturated heterocycles. The molecular weight excluding hydrogens is 272 g/mol. The lowest BCUT2D eigenvalue weighted by atomic mass is 9.95. The van der Waals surface area contributed by atoms with Crippen molar-refractivity contribution < 1.29 is 4.79 Å². The maximum absolute atomic E-state index is 12.7. The summed E-state index contributed by atoms with van der Waals surface area (Å²) in [6.07, 6.45) is 3.16. The van der Waals surface area contributed by atoms with Gasteiger partial charge < -0.3 is 11.1 Å². The zero-order valence-corrected chi connectivity index (χ0v) is 12.7. The van der Waals surface area contributed by atoms with Crippen LogP contribution >= 0.6 is 0 Å². The van der Waals surface area contributed by atoms with Crippen molar-refractivity contribution in [3.05, 3.63) is 59.2 Å². The van der Waals surface area contributed by atoms with Crippen LogP contribution in [0.1, 0.15) is 29.5 Å². The molecule has 3 nitrogen and oxygen atoms in total. The van der Waals surface area contributed by atoms with Crippen molar-refractivity contribution >= 4 is 17.3 Å². The normalized spacial score (nSPS) is 25.0. The van der Waals surface area contributed by atoms with Gasteiger partial charge in [0.15, 0.2) is 0 Å². The Labute approximate surface area is 130 Å². The van der Waals surface area contributed by atoms with Crippen LogP contribution in [0.15, 0.2) is 42.5 Å². The highest BCUT2D eigenvalue weighted by molar-refractivity contribution is 5.97. The fourth-order valence-corrected chi connectivity index (χ4v) is 3.93. The molecule has 1 saturated carbocycles. The van der Waals surface area contributed by atoms with Gasteiger partial charge in [0.05, 0.1) is 0 Å². The highest BCUT2D eigenvalue weighted by Gasteiger charge is 2.61. The summed E-state index contributed by atoms with van der Waals surface area (Å²) in [7, 11) is 0. The Bertz CT molecular complexity index is 768. The van der Waals surface area contributed by atoms with E-state index in [2.05, 4.69) is 29.6 Å². The average molecular weight is 292 g/mol. The van der Waals surface area contributed by atoms with E-state index < -0.39 is 0 Å². The standard InChI is InChI=1S/C19H20N2O/c1-12-6-7-14(20)10-17(12)21-18(22)16-11-19(16)9-8-13-4-2-3-5-15(13)19/h2-7,10,16H,8-9,11,20H2,1H3,(H,21,22). The molecule has 4 rings (SSSR count). The number of carbonyl (C=O) groups excluding carboxylic acids is 1. The third kappa shape index (κ3) is 1.92. The quantitative estimate of drug-likeness (QED) is 0.833. The van der Waals surface area contributed by atoms with Gasteiger partial charge in [0.2, 0.25) is 5.91 Å². The number of nitrogen functional groups attached to an aromatic ring is 1. The van der Waals surface area contributed by atoms with Gasteiger partial charge in [-0.05, 0) is 55.0 Å². The van der Waals surface area contributed by atoms with Gasteiger partial charge in [-0.15, -0.1) is 0 Å². The number of hydrogen-bond donors (Lipinski definition) is 2. The molecule has 2 aromatic carbocycles. The fourth-order valence-electron chi connectivity index (χ4n) is 3.93. The Morgan fingerprint density at radius 1 is 1.27 bits per heavy atom. The molecule has 2 aromatic rings. The molecule has 2 atom stereocenters. The summed E-state index contributed by atoms with van der Waals surface area (Å²) in [5.41, 5.74) is 11.3. The molecule has 0 aromatic heterocycles. The molecular formula is C19H20N2O. The second-order valence-corrected chi connectivity index (χ2v) is 6.63. The molecule has 0 radical (unpaired) electrons. The molecule has 1 spiro atoms. The SMILES string of the molecule is Cc1ccc(N)cc1NC(=O)C1CC12CCc1ccccc12. The largest absolute Gasteiger partial charge is 0.399 e. The van der Waals surface area contributed by atoms with Crippen molar-refractivity contribution in [2.75, 3.05) is 11.1 Å². The zero-order chi connectivity index (χ0) is 15.3. The summed E-state index contributed by atoms with van der Waals surface area (Å²) < 4.78 is 0. The molecule has 3 heteroatoms. The minimum atomic E-state index is 0.0922. The van der Waals surface area contributed by atoms with Crippen LogP contribution in [-0.2, 0) is 16.6 Å². The van der Waals surface area contributed by atoms with Gasteiger partial charge in [0.1, 0.15) is 0 Å². The van der Waals surface area contributed by atoms with Gasteiger partial charge in [-0.3, -0.25) is 4.79 Å². The van der Waals surface area contributed by atoms with E-state index in [0.717, 1.165) is 30.5 Å². The molecule has 1 fully saturated rings. The molecule has 2 aliphatic carbocycles. The monoisotopic (exact) mass is 292 g/mol. The number of amides is 1. The first kappa shape index (κ1) is 13.4. The number of benzene rings is 2. The summed E-state index contributed by atoms with van der Waals surface area (Å²) in [6.45, 7) is 1.99. The Kier molecular flexibility index (Phi) is 2.80. The zero-order valence-electron chi connectivity index (χ0n) is 12.7. The van der Waals surface area contributed by atoms with E-state index in [1.807, 2.05) is 25.1 Å². The Hall–Kier alpha value is -2.29. The van der Waals surface area contributed by atoms with E-state index in [-0.39, 0.29) is 17.2 Å². The Morgan fingerprint density at radius 3 is 2.95 bits per heavy atom. The van der Waals surface area contributed by atoms with Crippen molar-refractivity contribution in [3.63, 3.8) is 0 Å². The van der Waals surface area contributed by atoms with Crippen LogP contribution in [-0.4, -0.2) is 5.91 Å². The van der Waals surface area contributed by atoms with Crippen molar-refractivity contribution in [2.24, 2.45) is 5.92 Å². The molecule has 2 aliphatic rings. The molecule has 0 heterocycles. The second kappa shape index (κ2) is 4.60. The average Bonchev–Trinajstić information content (AvgIpc) is 3.13. The van der Waals surface area contributed by atoms with Crippen molar-refractivity contribution in [3.8, 4) is 0 Å². The second-order valence-electron chi connectivity index (χ2n) is 6.63. The minimum absolute atomic E-state index is 0.0922. The van der Waals surface area contributed by atoms with Crippen molar-refractivity contribution in [1.29, 1.82) is 0 Å². The highest BCUT2D eigenvalue weighted by Crippen LogP contribution is 2.61. The first-order valence-electron chi connectivity index (χ1n) is 7.85. The van der Waals surface area contributed by atoms with Gasteiger partial charge in [0.25, 0.3) is 0 Å². The van der Waals surface area contributed by atoms with E-state index in [0.29, 0.717) is 5.69 Å².